The van der Waals surface area contributed by atoms with Gasteiger partial charge in [0.2, 0.25) is 11.8 Å². The first kappa shape index (κ1) is 26.8. The van der Waals surface area contributed by atoms with E-state index in [2.05, 4.69) is 15.0 Å². The van der Waals surface area contributed by atoms with Gasteiger partial charge in [-0.2, -0.15) is 9.71 Å². The van der Waals surface area contributed by atoms with Gasteiger partial charge in [-0.15, -0.1) is 0 Å². The van der Waals surface area contributed by atoms with Crippen molar-refractivity contribution in [2.75, 3.05) is 17.9 Å². The molecule has 2 heterocycles. The topological polar surface area (TPSA) is 82.1 Å². The number of hydrogen-bond donors (Lipinski definition) is 2. The van der Waals surface area contributed by atoms with E-state index in [4.69, 9.17) is 9.72 Å². The van der Waals surface area contributed by atoms with E-state index in [-0.39, 0.29) is 30.7 Å². The van der Waals surface area contributed by atoms with Crippen LogP contribution in [0.3, 0.4) is 0 Å². The SMILES string of the molecule is Cc1cccc(C)c1-c1cc2nc(n1)N[S+]([O-])c1cccc(c1)CCN[C@H](CC1CCC(F)(F)CC1)CO2. The highest BCUT2D eigenvalue weighted by Gasteiger charge is 2.35. The van der Waals surface area contributed by atoms with E-state index in [0.29, 0.717) is 42.5 Å². The molecule has 1 aromatic heterocycles. The summed E-state index contributed by atoms with van der Waals surface area (Å²) < 4.78 is 49.8. The van der Waals surface area contributed by atoms with Gasteiger partial charge in [0.05, 0.1) is 5.69 Å². The number of ether oxygens (including phenoxy) is 1. The van der Waals surface area contributed by atoms with Gasteiger partial charge in [0.25, 0.3) is 5.95 Å². The van der Waals surface area contributed by atoms with Gasteiger partial charge < -0.3 is 14.6 Å². The standard InChI is InChI=1S/C29H34F2N4O2S/c1-19-5-3-6-20(2)27(19)25-17-26-34-28(33-25)35-38(36)24-8-4-7-21(16-24)11-14-32-23(18-37-26)15-22-9-12-29(30,31)13-10-22/h3-8,16-17,22-23,32H,9-15,18H2,1-2H3,(H,33,34,35)/t23-,38?/m1/s1. The van der Waals surface area contributed by atoms with E-state index in [9.17, 15) is 13.3 Å². The van der Waals surface area contributed by atoms with Crippen LogP contribution in [0.1, 0.15) is 48.8 Å². The Morgan fingerprint density at radius 3 is 2.55 bits per heavy atom. The summed E-state index contributed by atoms with van der Waals surface area (Å²) in [5.41, 5.74) is 4.86. The highest BCUT2D eigenvalue weighted by molar-refractivity contribution is 7.92. The molecule has 1 aliphatic carbocycles. The molecule has 0 spiro atoms. The molecule has 1 aliphatic heterocycles. The van der Waals surface area contributed by atoms with Crippen LogP contribution in [0.15, 0.2) is 53.4 Å². The Labute approximate surface area is 225 Å². The summed E-state index contributed by atoms with van der Waals surface area (Å²) in [4.78, 5) is 9.87. The smallest absolute Gasteiger partial charge is 0.269 e. The molecule has 2 aliphatic rings. The van der Waals surface area contributed by atoms with Crippen LogP contribution in [0.2, 0.25) is 0 Å². The molecule has 4 bridgehead atoms. The van der Waals surface area contributed by atoms with Crippen LogP contribution in [-0.4, -0.2) is 39.6 Å². The molecule has 202 valence electrons. The first-order valence-electron chi connectivity index (χ1n) is 13.2. The molecule has 6 nitrogen and oxygen atoms in total. The quantitative estimate of drug-likeness (QED) is 0.397. The molecule has 0 amide bonds. The van der Waals surface area contributed by atoms with E-state index in [1.54, 1.807) is 0 Å². The van der Waals surface area contributed by atoms with Crippen molar-refractivity contribution >= 4 is 17.3 Å². The Kier molecular flexibility index (Phi) is 8.16. The van der Waals surface area contributed by atoms with Gasteiger partial charge in [0.1, 0.15) is 18.0 Å². The number of alkyl halides is 2. The number of hydrogen-bond acceptors (Lipinski definition) is 6. The monoisotopic (exact) mass is 540 g/mol. The van der Waals surface area contributed by atoms with Gasteiger partial charge >= 0.3 is 0 Å². The molecular weight excluding hydrogens is 506 g/mol. The molecule has 1 fully saturated rings. The van der Waals surface area contributed by atoms with Crippen molar-refractivity contribution in [3.63, 3.8) is 0 Å². The third-order valence-electron chi connectivity index (χ3n) is 7.47. The summed E-state index contributed by atoms with van der Waals surface area (Å²) >= 11 is -1.55. The second-order valence-corrected chi connectivity index (χ2v) is 11.7. The zero-order valence-electron chi connectivity index (χ0n) is 21.8. The Hall–Kier alpha value is -2.75. The summed E-state index contributed by atoms with van der Waals surface area (Å²) in [7, 11) is 0. The van der Waals surface area contributed by atoms with E-state index < -0.39 is 17.3 Å². The predicted octanol–water partition coefficient (Wildman–Crippen LogP) is 6.00. The number of rotatable bonds is 3. The molecular formula is C29H34F2N4O2S. The fraction of sp³-hybridized carbons (Fsp3) is 0.448. The van der Waals surface area contributed by atoms with Crippen LogP contribution in [0, 0.1) is 19.8 Å². The van der Waals surface area contributed by atoms with Crippen molar-refractivity contribution in [3.05, 3.63) is 65.2 Å². The molecule has 1 unspecified atom stereocenters. The minimum Gasteiger partial charge on any atom is -0.588 e. The zero-order chi connectivity index (χ0) is 26.7. The Balaban J connectivity index is 1.45. The summed E-state index contributed by atoms with van der Waals surface area (Å²) in [5, 5.41) is 3.59. The molecule has 2 atom stereocenters. The maximum atomic E-state index is 13.7. The molecule has 2 N–H and O–H groups in total. The maximum absolute atomic E-state index is 13.7. The lowest BCUT2D eigenvalue weighted by Gasteiger charge is -2.31. The zero-order valence-corrected chi connectivity index (χ0v) is 22.6. The molecule has 0 saturated heterocycles. The molecule has 5 rings (SSSR count). The van der Waals surface area contributed by atoms with Crippen molar-refractivity contribution in [1.29, 1.82) is 0 Å². The second-order valence-electron chi connectivity index (χ2n) is 10.4. The molecule has 9 heteroatoms. The highest BCUT2D eigenvalue weighted by Crippen LogP contribution is 2.38. The summed E-state index contributed by atoms with van der Waals surface area (Å²) in [5.74, 6) is -1.71. The second kappa shape index (κ2) is 11.6. The van der Waals surface area contributed by atoms with Crippen molar-refractivity contribution < 1.29 is 18.1 Å². The summed E-state index contributed by atoms with van der Waals surface area (Å²) in [6, 6.07) is 15.5. The van der Waals surface area contributed by atoms with Crippen molar-refractivity contribution in [2.45, 2.75) is 69.2 Å². The van der Waals surface area contributed by atoms with Crippen LogP contribution < -0.4 is 14.8 Å². The number of anilines is 1. The molecule has 38 heavy (non-hydrogen) atoms. The number of nitrogens with zero attached hydrogens (tertiary/aromatic N) is 2. The lowest BCUT2D eigenvalue weighted by molar-refractivity contribution is -0.0477. The van der Waals surface area contributed by atoms with E-state index in [1.165, 1.54) is 0 Å². The van der Waals surface area contributed by atoms with E-state index in [0.717, 1.165) is 35.1 Å². The maximum Gasteiger partial charge on any atom is 0.269 e. The molecule has 1 saturated carbocycles. The van der Waals surface area contributed by atoms with Crippen LogP contribution in [0.4, 0.5) is 14.7 Å². The molecule has 0 radical (unpaired) electrons. The number of fused-ring (bicyclic) bond motifs is 4. The lowest BCUT2D eigenvalue weighted by atomic mass is 9.83. The highest BCUT2D eigenvalue weighted by atomic mass is 32.2. The van der Waals surface area contributed by atoms with Crippen molar-refractivity contribution in [1.82, 2.24) is 15.3 Å². The Morgan fingerprint density at radius 1 is 1.05 bits per heavy atom. The summed E-state index contributed by atoms with van der Waals surface area (Å²) in [6.07, 6.45) is 2.47. The van der Waals surface area contributed by atoms with Gasteiger partial charge in [-0.05, 0) is 80.8 Å². The number of aryl methyl sites for hydroxylation is 2. The van der Waals surface area contributed by atoms with Gasteiger partial charge in [0, 0.05) is 30.5 Å². The average molecular weight is 541 g/mol. The minimum atomic E-state index is -2.54. The van der Waals surface area contributed by atoms with Crippen molar-refractivity contribution in [2.24, 2.45) is 5.92 Å². The third kappa shape index (κ3) is 6.62. The number of nitrogens with one attached hydrogen (secondary N) is 2. The predicted molar refractivity (Wildman–Crippen MR) is 146 cm³/mol. The minimum absolute atomic E-state index is 0.0120. The van der Waals surface area contributed by atoms with Crippen molar-refractivity contribution in [3.8, 4) is 17.1 Å². The van der Waals surface area contributed by atoms with Crippen LogP contribution in [-0.2, 0) is 17.8 Å². The summed E-state index contributed by atoms with van der Waals surface area (Å²) in [6.45, 7) is 5.10. The van der Waals surface area contributed by atoms with Crippen LogP contribution in [0.25, 0.3) is 11.3 Å². The fourth-order valence-electron chi connectivity index (χ4n) is 5.40. The first-order chi connectivity index (χ1) is 18.3. The molecule has 3 aromatic rings. The van der Waals surface area contributed by atoms with Gasteiger partial charge in [-0.1, -0.05) is 30.3 Å². The van der Waals surface area contributed by atoms with Gasteiger partial charge in [0.15, 0.2) is 4.90 Å². The largest absolute Gasteiger partial charge is 0.588 e. The van der Waals surface area contributed by atoms with Gasteiger partial charge in [-0.25, -0.2) is 13.8 Å². The third-order valence-corrected chi connectivity index (χ3v) is 8.52. The average Bonchev–Trinajstić information content (AvgIpc) is 2.88. The first-order valence-corrected chi connectivity index (χ1v) is 14.4. The number of benzene rings is 2. The Morgan fingerprint density at radius 2 is 1.79 bits per heavy atom. The molecule has 2 aromatic carbocycles. The van der Waals surface area contributed by atoms with E-state index in [1.807, 2.05) is 62.4 Å². The van der Waals surface area contributed by atoms with E-state index >= 15 is 0 Å². The van der Waals surface area contributed by atoms with Crippen LogP contribution in [0.5, 0.6) is 5.88 Å². The lowest BCUT2D eigenvalue weighted by Crippen LogP contribution is -2.39. The van der Waals surface area contributed by atoms with Gasteiger partial charge in [-0.3, -0.25) is 0 Å². The normalized spacial score (nSPS) is 22.1. The fourth-order valence-corrected chi connectivity index (χ4v) is 6.24. The number of aromatic nitrogens is 2. The van der Waals surface area contributed by atoms with Crippen LogP contribution >= 0.6 is 0 Å². The number of halogens is 2. The Bertz CT molecular complexity index is 1240.